The highest BCUT2D eigenvalue weighted by molar-refractivity contribution is 5.85. The van der Waals surface area contributed by atoms with E-state index in [-0.39, 0.29) is 6.10 Å². The number of pyridine rings is 1. The fourth-order valence-electron chi connectivity index (χ4n) is 2.27. The maximum Gasteiger partial charge on any atom is 0.215 e. The largest absolute Gasteiger partial charge is 0.474 e. The van der Waals surface area contributed by atoms with E-state index in [1.54, 1.807) is 6.07 Å². The summed E-state index contributed by atoms with van der Waals surface area (Å²) in [6, 6.07) is 11.5. The molecule has 1 aromatic heterocycles. The summed E-state index contributed by atoms with van der Waals surface area (Å²) >= 11 is 0. The van der Waals surface area contributed by atoms with Crippen LogP contribution in [0.5, 0.6) is 5.88 Å². The van der Waals surface area contributed by atoms with E-state index in [1.165, 1.54) is 0 Å². The number of hydrogen-bond acceptors (Lipinski definition) is 4. The third-order valence-electron chi connectivity index (χ3n) is 3.27. The molecule has 0 aliphatic carbocycles. The molecule has 96 valence electrons. The summed E-state index contributed by atoms with van der Waals surface area (Å²) in [7, 11) is 0. The van der Waals surface area contributed by atoms with Crippen molar-refractivity contribution in [1.29, 1.82) is 5.26 Å². The molecule has 1 aliphatic rings. The minimum Gasteiger partial charge on any atom is -0.474 e. The monoisotopic (exact) mass is 254 g/mol. The lowest BCUT2D eigenvalue weighted by atomic mass is 10.1. The number of benzene rings is 1. The number of ether oxygens (including phenoxy) is 2. The number of nitrogens with zero attached hydrogens (tertiary/aromatic N) is 2. The second kappa shape index (κ2) is 5.25. The van der Waals surface area contributed by atoms with Gasteiger partial charge in [-0.25, -0.2) is 4.98 Å². The topological polar surface area (TPSA) is 55.1 Å². The van der Waals surface area contributed by atoms with Gasteiger partial charge in [0.15, 0.2) is 0 Å². The molecule has 0 saturated carbocycles. The molecule has 1 aromatic carbocycles. The van der Waals surface area contributed by atoms with Crippen molar-refractivity contribution in [1.82, 2.24) is 4.98 Å². The van der Waals surface area contributed by atoms with Gasteiger partial charge in [-0.2, -0.15) is 5.26 Å². The smallest absolute Gasteiger partial charge is 0.215 e. The number of aromatic nitrogens is 1. The first-order valence-corrected chi connectivity index (χ1v) is 6.41. The summed E-state index contributed by atoms with van der Waals surface area (Å²) in [5.41, 5.74) is 1.40. The van der Waals surface area contributed by atoms with Crippen molar-refractivity contribution in [2.24, 2.45) is 0 Å². The van der Waals surface area contributed by atoms with Crippen molar-refractivity contribution in [2.45, 2.75) is 18.9 Å². The molecule has 0 N–H and O–H groups in total. The van der Waals surface area contributed by atoms with Gasteiger partial charge in [0.25, 0.3) is 0 Å². The molecule has 0 spiro atoms. The molecule has 4 nitrogen and oxygen atoms in total. The van der Waals surface area contributed by atoms with E-state index in [1.807, 2.05) is 24.3 Å². The third kappa shape index (κ3) is 2.51. The zero-order valence-electron chi connectivity index (χ0n) is 10.5. The lowest BCUT2D eigenvalue weighted by molar-refractivity contribution is 0.0239. The molecule has 0 amide bonds. The number of hydrogen-bond donors (Lipinski definition) is 0. The number of fused-ring (bicyclic) bond motifs is 1. The first-order valence-electron chi connectivity index (χ1n) is 6.41. The van der Waals surface area contributed by atoms with E-state index in [9.17, 15) is 5.26 Å². The van der Waals surface area contributed by atoms with E-state index >= 15 is 0 Å². The van der Waals surface area contributed by atoms with E-state index in [4.69, 9.17) is 9.47 Å². The molecule has 0 unspecified atom stereocenters. The fraction of sp³-hybridized carbons (Fsp3) is 0.333. The van der Waals surface area contributed by atoms with Gasteiger partial charge >= 0.3 is 0 Å². The molecule has 0 atom stereocenters. The Bertz CT molecular complexity index is 628. The molecular formula is C15H14N2O2. The Morgan fingerprint density at radius 2 is 2.05 bits per heavy atom. The van der Waals surface area contributed by atoms with Crippen molar-refractivity contribution < 1.29 is 9.47 Å². The van der Waals surface area contributed by atoms with Crippen LogP contribution in [0.3, 0.4) is 0 Å². The maximum absolute atomic E-state index is 9.21. The molecule has 1 saturated heterocycles. The van der Waals surface area contributed by atoms with Crippen LogP contribution in [-0.2, 0) is 4.74 Å². The van der Waals surface area contributed by atoms with Crippen LogP contribution in [0.4, 0.5) is 0 Å². The Morgan fingerprint density at radius 3 is 2.84 bits per heavy atom. The minimum atomic E-state index is 0.133. The molecule has 2 aromatic rings. The van der Waals surface area contributed by atoms with Gasteiger partial charge in [-0.15, -0.1) is 0 Å². The van der Waals surface area contributed by atoms with E-state index in [0.29, 0.717) is 11.4 Å². The predicted octanol–water partition coefficient (Wildman–Crippen LogP) is 2.66. The Morgan fingerprint density at radius 1 is 1.26 bits per heavy atom. The Kier molecular flexibility index (Phi) is 3.30. The number of nitriles is 1. The Balaban J connectivity index is 1.93. The van der Waals surface area contributed by atoms with Gasteiger partial charge in [-0.3, -0.25) is 0 Å². The molecule has 3 rings (SSSR count). The zero-order chi connectivity index (χ0) is 13.1. The summed E-state index contributed by atoms with van der Waals surface area (Å²) in [5.74, 6) is 0.530. The minimum absolute atomic E-state index is 0.133. The van der Waals surface area contributed by atoms with Crippen LogP contribution in [0.2, 0.25) is 0 Å². The molecule has 1 aliphatic heterocycles. The quantitative estimate of drug-likeness (QED) is 0.826. The Hall–Kier alpha value is -2.12. The van der Waals surface area contributed by atoms with Crippen LogP contribution >= 0.6 is 0 Å². The lowest BCUT2D eigenvalue weighted by Crippen LogP contribution is -2.26. The van der Waals surface area contributed by atoms with E-state index < -0.39 is 0 Å². The van der Waals surface area contributed by atoms with Crippen LogP contribution in [0.25, 0.3) is 10.9 Å². The SMILES string of the molecule is N#Cc1cc(OC2CCOCC2)nc2ccccc12. The van der Waals surface area contributed by atoms with Crippen LogP contribution in [0.15, 0.2) is 30.3 Å². The van der Waals surface area contributed by atoms with Crippen LogP contribution < -0.4 is 4.74 Å². The highest BCUT2D eigenvalue weighted by Gasteiger charge is 2.16. The van der Waals surface area contributed by atoms with Crippen molar-refractivity contribution in [2.75, 3.05) is 13.2 Å². The van der Waals surface area contributed by atoms with Gasteiger partial charge in [0.1, 0.15) is 12.2 Å². The molecule has 1 fully saturated rings. The third-order valence-corrected chi connectivity index (χ3v) is 3.27. The van der Waals surface area contributed by atoms with E-state index in [2.05, 4.69) is 11.1 Å². The van der Waals surface area contributed by atoms with Crippen LogP contribution in [0.1, 0.15) is 18.4 Å². The van der Waals surface area contributed by atoms with Crippen LogP contribution in [-0.4, -0.2) is 24.3 Å². The van der Waals surface area contributed by atoms with Crippen molar-refractivity contribution in [3.05, 3.63) is 35.9 Å². The maximum atomic E-state index is 9.21. The first-order chi connectivity index (χ1) is 9.36. The van der Waals surface area contributed by atoms with Crippen LogP contribution in [0, 0.1) is 11.3 Å². The van der Waals surface area contributed by atoms with Gasteiger partial charge in [0.2, 0.25) is 5.88 Å². The zero-order valence-corrected chi connectivity index (χ0v) is 10.5. The lowest BCUT2D eigenvalue weighted by Gasteiger charge is -2.22. The summed E-state index contributed by atoms with van der Waals surface area (Å²) in [4.78, 5) is 4.46. The van der Waals surface area contributed by atoms with Crippen molar-refractivity contribution in [3.8, 4) is 11.9 Å². The molecular weight excluding hydrogens is 240 g/mol. The van der Waals surface area contributed by atoms with Gasteiger partial charge in [0, 0.05) is 24.3 Å². The fourth-order valence-corrected chi connectivity index (χ4v) is 2.27. The van der Waals surface area contributed by atoms with E-state index in [0.717, 1.165) is 37.0 Å². The average Bonchev–Trinajstić information content (AvgIpc) is 2.47. The second-order valence-corrected chi connectivity index (χ2v) is 4.57. The molecule has 2 heterocycles. The average molecular weight is 254 g/mol. The van der Waals surface area contributed by atoms with Gasteiger partial charge in [0.05, 0.1) is 24.3 Å². The van der Waals surface area contributed by atoms with Gasteiger partial charge in [-0.1, -0.05) is 18.2 Å². The normalized spacial score (nSPS) is 16.2. The van der Waals surface area contributed by atoms with Crippen molar-refractivity contribution in [3.63, 3.8) is 0 Å². The second-order valence-electron chi connectivity index (χ2n) is 4.57. The standard InChI is InChI=1S/C15H14N2O2/c16-10-11-9-15(19-12-5-7-18-8-6-12)17-14-4-2-1-3-13(11)14/h1-4,9,12H,5-8H2. The summed E-state index contributed by atoms with van der Waals surface area (Å²) in [6.07, 6.45) is 1.88. The van der Waals surface area contributed by atoms with Gasteiger partial charge in [-0.05, 0) is 6.07 Å². The summed E-state index contributed by atoms with van der Waals surface area (Å²) < 4.78 is 11.2. The molecule has 4 heteroatoms. The highest BCUT2D eigenvalue weighted by Crippen LogP contribution is 2.23. The highest BCUT2D eigenvalue weighted by atomic mass is 16.5. The molecule has 0 bridgehead atoms. The van der Waals surface area contributed by atoms with Gasteiger partial charge < -0.3 is 9.47 Å². The molecule has 0 radical (unpaired) electrons. The number of para-hydroxylation sites is 1. The Labute approximate surface area is 111 Å². The summed E-state index contributed by atoms with van der Waals surface area (Å²) in [6.45, 7) is 1.45. The number of rotatable bonds is 2. The van der Waals surface area contributed by atoms with Crippen molar-refractivity contribution >= 4 is 10.9 Å². The first kappa shape index (κ1) is 11.9. The summed E-state index contributed by atoms with van der Waals surface area (Å²) in [5, 5.41) is 10.1. The molecule has 19 heavy (non-hydrogen) atoms. The predicted molar refractivity (Wildman–Crippen MR) is 70.9 cm³/mol.